The van der Waals surface area contributed by atoms with E-state index in [0.29, 0.717) is 6.04 Å². The van der Waals surface area contributed by atoms with Gasteiger partial charge in [0.15, 0.2) is 0 Å². The third-order valence-corrected chi connectivity index (χ3v) is 4.71. The van der Waals surface area contributed by atoms with Gasteiger partial charge in [0.2, 0.25) is 0 Å². The van der Waals surface area contributed by atoms with E-state index in [0.717, 1.165) is 32.2 Å². The SMILES string of the molecule is CC1CCCCC1Nc1ccccc1N1CCOCC1. The number of nitrogens with one attached hydrogen (secondary N) is 1. The summed E-state index contributed by atoms with van der Waals surface area (Å²) in [4.78, 5) is 2.44. The molecule has 1 aromatic rings. The molecule has 3 nitrogen and oxygen atoms in total. The summed E-state index contributed by atoms with van der Waals surface area (Å²) in [6.07, 6.45) is 5.42. The summed E-state index contributed by atoms with van der Waals surface area (Å²) in [7, 11) is 0. The maximum absolute atomic E-state index is 5.47. The molecule has 1 aliphatic carbocycles. The third kappa shape index (κ3) is 3.09. The number of ether oxygens (including phenoxy) is 1. The Morgan fingerprint density at radius 2 is 1.85 bits per heavy atom. The molecule has 3 rings (SSSR count). The quantitative estimate of drug-likeness (QED) is 0.913. The van der Waals surface area contributed by atoms with Crippen molar-refractivity contribution in [2.45, 2.75) is 38.6 Å². The van der Waals surface area contributed by atoms with E-state index in [1.807, 2.05) is 0 Å². The maximum atomic E-state index is 5.47. The Kier molecular flexibility index (Phi) is 4.46. The highest BCUT2D eigenvalue weighted by molar-refractivity contribution is 5.70. The van der Waals surface area contributed by atoms with Crippen molar-refractivity contribution in [3.8, 4) is 0 Å². The van der Waals surface area contributed by atoms with Crippen LogP contribution < -0.4 is 10.2 Å². The molecule has 1 N–H and O–H groups in total. The average Bonchev–Trinajstić information content (AvgIpc) is 2.51. The predicted octanol–water partition coefficient (Wildman–Crippen LogP) is 3.51. The number of hydrogen-bond acceptors (Lipinski definition) is 3. The molecule has 0 aromatic heterocycles. The van der Waals surface area contributed by atoms with Gasteiger partial charge in [0.05, 0.1) is 24.6 Å². The van der Waals surface area contributed by atoms with Gasteiger partial charge in [-0.05, 0) is 30.9 Å². The predicted molar refractivity (Wildman–Crippen MR) is 84.5 cm³/mol. The van der Waals surface area contributed by atoms with Gasteiger partial charge in [0.25, 0.3) is 0 Å². The Labute approximate surface area is 122 Å². The number of nitrogens with zero attached hydrogens (tertiary/aromatic N) is 1. The molecule has 0 radical (unpaired) electrons. The smallest absolute Gasteiger partial charge is 0.0642 e. The Bertz CT molecular complexity index is 429. The molecule has 2 aliphatic rings. The van der Waals surface area contributed by atoms with Crippen LogP contribution in [0, 0.1) is 5.92 Å². The number of benzene rings is 1. The minimum absolute atomic E-state index is 0.631. The first-order chi connectivity index (χ1) is 9.84. The molecule has 3 heteroatoms. The fraction of sp³-hybridized carbons (Fsp3) is 0.647. The van der Waals surface area contributed by atoms with Gasteiger partial charge in [-0.1, -0.05) is 31.9 Å². The zero-order chi connectivity index (χ0) is 13.8. The molecule has 0 amide bonds. The number of hydrogen-bond donors (Lipinski definition) is 1. The van der Waals surface area contributed by atoms with Gasteiger partial charge in [-0.2, -0.15) is 0 Å². The van der Waals surface area contributed by atoms with Crippen molar-refractivity contribution in [3.05, 3.63) is 24.3 Å². The summed E-state index contributed by atoms with van der Waals surface area (Å²) in [5.74, 6) is 0.779. The van der Waals surface area contributed by atoms with Gasteiger partial charge in [-0.25, -0.2) is 0 Å². The van der Waals surface area contributed by atoms with Crippen LogP contribution in [0.2, 0.25) is 0 Å². The maximum Gasteiger partial charge on any atom is 0.0642 e. The van der Waals surface area contributed by atoms with Crippen molar-refractivity contribution in [2.24, 2.45) is 5.92 Å². The number of anilines is 2. The molecule has 110 valence electrons. The third-order valence-electron chi connectivity index (χ3n) is 4.71. The molecular weight excluding hydrogens is 248 g/mol. The number of morpholine rings is 1. The molecule has 2 unspecified atom stereocenters. The molecule has 20 heavy (non-hydrogen) atoms. The van der Waals surface area contributed by atoms with Crippen molar-refractivity contribution in [1.82, 2.24) is 0 Å². The van der Waals surface area contributed by atoms with E-state index in [4.69, 9.17) is 4.74 Å². The fourth-order valence-corrected chi connectivity index (χ4v) is 3.41. The van der Waals surface area contributed by atoms with E-state index in [1.54, 1.807) is 0 Å². The van der Waals surface area contributed by atoms with Gasteiger partial charge >= 0.3 is 0 Å². The highest BCUT2D eigenvalue weighted by Gasteiger charge is 2.22. The summed E-state index contributed by atoms with van der Waals surface area (Å²) < 4.78 is 5.47. The van der Waals surface area contributed by atoms with Crippen molar-refractivity contribution in [2.75, 3.05) is 36.5 Å². The van der Waals surface area contributed by atoms with Gasteiger partial charge < -0.3 is 15.0 Å². The van der Waals surface area contributed by atoms with E-state index in [2.05, 4.69) is 41.4 Å². The Hall–Kier alpha value is -1.22. The van der Waals surface area contributed by atoms with Gasteiger partial charge in [-0.3, -0.25) is 0 Å². The van der Waals surface area contributed by atoms with Crippen molar-refractivity contribution >= 4 is 11.4 Å². The Morgan fingerprint density at radius 3 is 2.65 bits per heavy atom. The zero-order valence-electron chi connectivity index (χ0n) is 12.5. The van der Waals surface area contributed by atoms with Crippen LogP contribution in [0.25, 0.3) is 0 Å². The molecule has 2 atom stereocenters. The molecule has 1 aliphatic heterocycles. The second kappa shape index (κ2) is 6.49. The van der Waals surface area contributed by atoms with E-state index in [9.17, 15) is 0 Å². The first kappa shape index (κ1) is 13.7. The molecule has 0 spiro atoms. The molecule has 0 bridgehead atoms. The average molecular weight is 274 g/mol. The van der Waals surface area contributed by atoms with Crippen LogP contribution in [0.5, 0.6) is 0 Å². The van der Waals surface area contributed by atoms with E-state index >= 15 is 0 Å². The van der Waals surface area contributed by atoms with Crippen molar-refractivity contribution < 1.29 is 4.74 Å². The molecule has 2 fully saturated rings. The standard InChI is InChI=1S/C17H26N2O/c1-14-6-2-3-7-15(14)18-16-8-4-5-9-17(16)19-10-12-20-13-11-19/h4-5,8-9,14-15,18H,2-3,6-7,10-13H2,1H3. The summed E-state index contributed by atoms with van der Waals surface area (Å²) in [6.45, 7) is 6.06. The van der Waals surface area contributed by atoms with Crippen LogP contribution in [0.4, 0.5) is 11.4 Å². The first-order valence-electron chi connectivity index (χ1n) is 8.03. The van der Waals surface area contributed by atoms with Gasteiger partial charge in [-0.15, -0.1) is 0 Å². The van der Waals surface area contributed by atoms with Crippen LogP contribution in [-0.4, -0.2) is 32.3 Å². The molecular formula is C17H26N2O. The number of rotatable bonds is 3. The summed E-state index contributed by atoms with van der Waals surface area (Å²) >= 11 is 0. The molecule has 1 saturated carbocycles. The van der Waals surface area contributed by atoms with Crippen LogP contribution in [0.15, 0.2) is 24.3 Å². The summed E-state index contributed by atoms with van der Waals surface area (Å²) in [5.41, 5.74) is 2.64. The Morgan fingerprint density at radius 1 is 1.10 bits per heavy atom. The highest BCUT2D eigenvalue weighted by atomic mass is 16.5. The highest BCUT2D eigenvalue weighted by Crippen LogP contribution is 2.31. The second-order valence-corrected chi connectivity index (χ2v) is 6.13. The van der Waals surface area contributed by atoms with E-state index in [-0.39, 0.29) is 0 Å². The van der Waals surface area contributed by atoms with Gasteiger partial charge in [0, 0.05) is 19.1 Å². The molecule has 1 aromatic carbocycles. The topological polar surface area (TPSA) is 24.5 Å². The van der Waals surface area contributed by atoms with Crippen LogP contribution in [0.1, 0.15) is 32.6 Å². The Balaban J connectivity index is 1.75. The largest absolute Gasteiger partial charge is 0.380 e. The monoisotopic (exact) mass is 274 g/mol. The van der Waals surface area contributed by atoms with Crippen LogP contribution in [0.3, 0.4) is 0 Å². The number of para-hydroxylation sites is 2. The lowest BCUT2D eigenvalue weighted by Gasteiger charge is -2.34. The minimum atomic E-state index is 0.631. The zero-order valence-corrected chi connectivity index (χ0v) is 12.5. The van der Waals surface area contributed by atoms with E-state index in [1.165, 1.54) is 37.1 Å². The fourth-order valence-electron chi connectivity index (χ4n) is 3.41. The van der Waals surface area contributed by atoms with Crippen LogP contribution >= 0.6 is 0 Å². The minimum Gasteiger partial charge on any atom is -0.380 e. The summed E-state index contributed by atoms with van der Waals surface area (Å²) in [5, 5.41) is 3.81. The van der Waals surface area contributed by atoms with Gasteiger partial charge in [0.1, 0.15) is 0 Å². The lowest BCUT2D eigenvalue weighted by atomic mass is 9.86. The van der Waals surface area contributed by atoms with Crippen LogP contribution in [-0.2, 0) is 4.74 Å². The second-order valence-electron chi connectivity index (χ2n) is 6.13. The van der Waals surface area contributed by atoms with E-state index < -0.39 is 0 Å². The summed E-state index contributed by atoms with van der Waals surface area (Å²) in [6, 6.07) is 9.37. The molecule has 1 saturated heterocycles. The normalized spacial score (nSPS) is 27.4. The van der Waals surface area contributed by atoms with Crippen molar-refractivity contribution in [3.63, 3.8) is 0 Å². The lowest BCUT2D eigenvalue weighted by Crippen LogP contribution is -2.37. The first-order valence-corrected chi connectivity index (χ1v) is 8.03. The van der Waals surface area contributed by atoms with Crippen molar-refractivity contribution in [1.29, 1.82) is 0 Å². The molecule has 1 heterocycles. The lowest BCUT2D eigenvalue weighted by molar-refractivity contribution is 0.123.